The Kier molecular flexibility index (Phi) is 6.46. The smallest absolute Gasteiger partial charge is 0.366 e. The Morgan fingerprint density at radius 2 is 1.94 bits per heavy atom. The fourth-order valence-electron chi connectivity index (χ4n) is 3.77. The number of fused-ring (bicyclic) bond motifs is 1. The molecule has 4 aromatic heterocycles. The molecule has 0 aliphatic rings. The van der Waals surface area contributed by atoms with Crippen LogP contribution in [0, 0.1) is 0 Å². The van der Waals surface area contributed by atoms with Crippen molar-refractivity contribution in [2.75, 3.05) is 5.73 Å². The van der Waals surface area contributed by atoms with Gasteiger partial charge in [-0.3, -0.25) is 14.5 Å². The third-order valence-corrected chi connectivity index (χ3v) is 5.78. The normalized spacial score (nSPS) is 13.7. The van der Waals surface area contributed by atoms with Crippen LogP contribution in [0.15, 0.2) is 42.9 Å². The molecule has 0 radical (unpaired) electrons. The largest absolute Gasteiger partial charge is 0.433 e. The predicted octanol–water partition coefficient (Wildman–Crippen LogP) is 4.12. The second-order valence-electron chi connectivity index (χ2n) is 8.26. The highest BCUT2D eigenvalue weighted by Gasteiger charge is 2.33. The highest BCUT2D eigenvalue weighted by atomic mass is 19.4. The van der Waals surface area contributed by atoms with Gasteiger partial charge in [-0.1, -0.05) is 13.8 Å². The summed E-state index contributed by atoms with van der Waals surface area (Å²) < 4.78 is 42.5. The van der Waals surface area contributed by atoms with Crippen LogP contribution in [0.2, 0.25) is 0 Å². The van der Waals surface area contributed by atoms with Gasteiger partial charge in [-0.05, 0) is 55.2 Å². The second-order valence-corrected chi connectivity index (χ2v) is 8.26. The van der Waals surface area contributed by atoms with E-state index in [1.807, 2.05) is 20.8 Å². The van der Waals surface area contributed by atoms with Crippen molar-refractivity contribution in [1.29, 1.82) is 0 Å². The number of carbonyl (C=O) groups is 1. The molecule has 9 nitrogen and oxygen atoms in total. The van der Waals surface area contributed by atoms with Crippen molar-refractivity contribution >= 4 is 17.5 Å². The average molecular weight is 487 g/mol. The molecule has 0 aromatic carbocycles. The summed E-state index contributed by atoms with van der Waals surface area (Å²) in [6.45, 7) is 5.72. The van der Waals surface area contributed by atoms with E-state index in [0.717, 1.165) is 18.7 Å². The summed E-state index contributed by atoms with van der Waals surface area (Å²) in [6.07, 6.45) is 1.19. The van der Waals surface area contributed by atoms with Gasteiger partial charge in [0.25, 0.3) is 5.91 Å². The van der Waals surface area contributed by atoms with Gasteiger partial charge in [0.05, 0.1) is 12.2 Å². The van der Waals surface area contributed by atoms with Crippen LogP contribution in [-0.2, 0) is 6.18 Å². The van der Waals surface area contributed by atoms with E-state index in [9.17, 15) is 18.0 Å². The van der Waals surface area contributed by atoms with Gasteiger partial charge in [-0.15, -0.1) is 5.10 Å². The van der Waals surface area contributed by atoms with Crippen LogP contribution in [0.3, 0.4) is 0 Å². The van der Waals surface area contributed by atoms with E-state index in [2.05, 4.69) is 25.5 Å². The Hall–Kier alpha value is -3.96. The van der Waals surface area contributed by atoms with Gasteiger partial charge < -0.3 is 11.1 Å². The van der Waals surface area contributed by atoms with Crippen LogP contribution in [0.1, 0.15) is 61.4 Å². The monoisotopic (exact) mass is 486 g/mol. The van der Waals surface area contributed by atoms with Crippen LogP contribution in [0.5, 0.6) is 0 Å². The van der Waals surface area contributed by atoms with Crippen LogP contribution in [0.4, 0.5) is 19.1 Å². The molecular formula is C23H25F3N8O. The summed E-state index contributed by atoms with van der Waals surface area (Å²) in [5, 5.41) is 11.4. The molecule has 184 valence electrons. The number of aromatic nitrogens is 6. The van der Waals surface area contributed by atoms with Gasteiger partial charge in [0.1, 0.15) is 11.4 Å². The lowest BCUT2D eigenvalue weighted by Gasteiger charge is -2.17. The first-order valence-corrected chi connectivity index (χ1v) is 11.2. The summed E-state index contributed by atoms with van der Waals surface area (Å²) in [4.78, 5) is 20.5. The number of carbonyl (C=O) groups excluding carboxylic acids is 1. The molecule has 1 unspecified atom stereocenters. The number of anilines is 1. The number of alkyl halides is 3. The van der Waals surface area contributed by atoms with Gasteiger partial charge in [0, 0.05) is 24.0 Å². The molecule has 0 bridgehead atoms. The Morgan fingerprint density at radius 3 is 2.63 bits per heavy atom. The number of nitrogens with zero attached hydrogens (tertiary/aromatic N) is 6. The SMILES string of the molecule is CCC(c1ccnc(C(F)(F)F)c1)n1cc(-c2cc(C(=O)N[C@@H](C)CC)n3nc(N)nc3c2)cn1. The quantitative estimate of drug-likeness (QED) is 0.406. The number of pyridine rings is 2. The minimum Gasteiger partial charge on any atom is -0.366 e. The molecule has 1 amide bonds. The fourth-order valence-corrected chi connectivity index (χ4v) is 3.77. The Morgan fingerprint density at radius 1 is 1.17 bits per heavy atom. The molecule has 0 saturated carbocycles. The van der Waals surface area contributed by atoms with Gasteiger partial charge in [-0.25, -0.2) is 4.52 Å². The average Bonchev–Trinajstić information content (AvgIpc) is 3.44. The Bertz CT molecular complexity index is 1360. The predicted molar refractivity (Wildman–Crippen MR) is 124 cm³/mol. The molecule has 0 aliphatic heterocycles. The number of hydrogen-bond donors (Lipinski definition) is 2. The van der Waals surface area contributed by atoms with Crippen LogP contribution in [0.25, 0.3) is 16.8 Å². The lowest BCUT2D eigenvalue weighted by molar-refractivity contribution is -0.141. The van der Waals surface area contributed by atoms with Crippen molar-refractivity contribution in [3.63, 3.8) is 0 Å². The maximum absolute atomic E-state index is 13.2. The molecule has 12 heteroatoms. The number of hydrogen-bond acceptors (Lipinski definition) is 6. The number of halogens is 3. The van der Waals surface area contributed by atoms with E-state index >= 15 is 0 Å². The summed E-state index contributed by atoms with van der Waals surface area (Å²) in [6, 6.07) is 5.49. The zero-order valence-corrected chi connectivity index (χ0v) is 19.4. The van der Waals surface area contributed by atoms with Crippen LogP contribution < -0.4 is 11.1 Å². The minimum absolute atomic E-state index is 0.0274. The summed E-state index contributed by atoms with van der Waals surface area (Å²) >= 11 is 0. The fraction of sp³-hybridized carbons (Fsp3) is 0.348. The van der Waals surface area contributed by atoms with Crippen LogP contribution in [-0.4, -0.2) is 41.3 Å². The van der Waals surface area contributed by atoms with Crippen molar-refractivity contribution in [3.05, 3.63) is 59.8 Å². The molecule has 4 aromatic rings. The Labute approximate surface area is 199 Å². The molecule has 0 fully saturated rings. The van der Waals surface area contributed by atoms with Crippen molar-refractivity contribution in [1.82, 2.24) is 34.7 Å². The first-order chi connectivity index (χ1) is 16.6. The summed E-state index contributed by atoms with van der Waals surface area (Å²) in [5.41, 5.74) is 7.21. The molecule has 0 spiro atoms. The van der Waals surface area contributed by atoms with Gasteiger partial charge in [0.2, 0.25) is 5.95 Å². The second kappa shape index (κ2) is 9.35. The van der Waals surface area contributed by atoms with Crippen molar-refractivity contribution in [2.45, 2.75) is 51.9 Å². The van der Waals surface area contributed by atoms with Crippen molar-refractivity contribution in [3.8, 4) is 11.1 Å². The van der Waals surface area contributed by atoms with E-state index < -0.39 is 17.9 Å². The Balaban J connectivity index is 1.73. The van der Waals surface area contributed by atoms with E-state index in [-0.39, 0.29) is 23.6 Å². The number of nitrogens with two attached hydrogens (primary N) is 1. The molecule has 0 saturated heterocycles. The number of amides is 1. The highest BCUT2D eigenvalue weighted by molar-refractivity contribution is 5.95. The number of nitrogen functional groups attached to an aromatic ring is 1. The molecule has 0 aliphatic carbocycles. The number of rotatable bonds is 7. The lowest BCUT2D eigenvalue weighted by atomic mass is 10.0. The topological polar surface area (TPSA) is 116 Å². The number of nitrogens with one attached hydrogen (secondary N) is 1. The lowest BCUT2D eigenvalue weighted by Crippen LogP contribution is -2.33. The van der Waals surface area contributed by atoms with Crippen LogP contribution >= 0.6 is 0 Å². The first kappa shape index (κ1) is 24.2. The van der Waals surface area contributed by atoms with E-state index in [1.165, 1.54) is 4.52 Å². The summed E-state index contributed by atoms with van der Waals surface area (Å²) in [7, 11) is 0. The first-order valence-electron chi connectivity index (χ1n) is 11.2. The third kappa shape index (κ3) is 4.96. The van der Waals surface area contributed by atoms with Gasteiger partial charge >= 0.3 is 6.18 Å². The maximum Gasteiger partial charge on any atom is 0.433 e. The molecule has 4 heterocycles. The standard InChI is InChI=1S/C23H25F3N8O/c1-4-13(3)30-21(35)18-8-15(10-20-31-22(27)32-34(18)20)16-11-29-33(12-16)17(5-2)14-6-7-28-19(9-14)23(24,25)26/h6-13,17H,4-5H2,1-3H3,(H2,27,32)(H,30,35)/t13-,17?/m0/s1. The molecular weight excluding hydrogens is 461 g/mol. The summed E-state index contributed by atoms with van der Waals surface area (Å²) in [5.74, 6) is -0.300. The van der Waals surface area contributed by atoms with Gasteiger partial charge in [-0.2, -0.15) is 23.3 Å². The third-order valence-electron chi connectivity index (χ3n) is 5.78. The zero-order valence-electron chi connectivity index (χ0n) is 19.4. The maximum atomic E-state index is 13.2. The van der Waals surface area contributed by atoms with Crippen molar-refractivity contribution < 1.29 is 18.0 Å². The van der Waals surface area contributed by atoms with E-state index in [4.69, 9.17) is 5.73 Å². The zero-order chi connectivity index (χ0) is 25.3. The van der Waals surface area contributed by atoms with Gasteiger partial charge in [0.15, 0.2) is 5.65 Å². The molecule has 2 atom stereocenters. The molecule has 35 heavy (non-hydrogen) atoms. The van der Waals surface area contributed by atoms with E-state index in [1.54, 1.807) is 35.3 Å². The minimum atomic E-state index is -4.54. The van der Waals surface area contributed by atoms with E-state index in [0.29, 0.717) is 28.8 Å². The molecule has 4 rings (SSSR count). The van der Waals surface area contributed by atoms with Crippen molar-refractivity contribution in [2.24, 2.45) is 0 Å². The highest BCUT2D eigenvalue weighted by Crippen LogP contribution is 2.31. The molecule has 3 N–H and O–H groups in total.